The third-order valence-corrected chi connectivity index (χ3v) is 3.95. The van der Waals surface area contributed by atoms with Crippen LogP contribution < -0.4 is 14.8 Å². The van der Waals surface area contributed by atoms with Crippen molar-refractivity contribution in [3.63, 3.8) is 0 Å². The molecule has 0 saturated carbocycles. The molecule has 0 saturated heterocycles. The van der Waals surface area contributed by atoms with Gasteiger partial charge in [0.1, 0.15) is 17.4 Å². The third kappa shape index (κ3) is 3.97. The van der Waals surface area contributed by atoms with Gasteiger partial charge in [0.2, 0.25) is 5.91 Å². The molecule has 3 aromatic rings. The number of nitrogens with zero attached hydrogens (tertiary/aromatic N) is 3. The lowest BCUT2D eigenvalue weighted by atomic mass is 9.96. The number of rotatable bonds is 7. The third-order valence-electron chi connectivity index (χ3n) is 3.95. The summed E-state index contributed by atoms with van der Waals surface area (Å²) in [5.41, 5.74) is 1.54. The van der Waals surface area contributed by atoms with Gasteiger partial charge in [-0.15, -0.1) is 10.2 Å². The quantitative estimate of drug-likeness (QED) is 0.675. The summed E-state index contributed by atoms with van der Waals surface area (Å²) in [5.74, 6) is 0.767. The number of methoxy groups -OCH3 is 2. The first kappa shape index (κ1) is 17.4. The molecule has 0 fully saturated rings. The average Bonchev–Trinajstić information content (AvgIpc) is 3.21. The summed E-state index contributed by atoms with van der Waals surface area (Å²) >= 11 is 0. The van der Waals surface area contributed by atoms with Crippen LogP contribution in [-0.4, -0.2) is 40.8 Å². The predicted molar refractivity (Wildman–Crippen MR) is 95.2 cm³/mol. The molecule has 1 amide bonds. The van der Waals surface area contributed by atoms with E-state index in [9.17, 15) is 4.79 Å². The molecule has 8 nitrogen and oxygen atoms in total. The van der Waals surface area contributed by atoms with E-state index in [2.05, 4.69) is 25.9 Å². The Bertz CT molecular complexity index is 853. The highest BCUT2D eigenvalue weighted by Gasteiger charge is 2.27. The molecule has 0 aliphatic heterocycles. The van der Waals surface area contributed by atoms with Gasteiger partial charge in [0.25, 0.3) is 0 Å². The predicted octanol–water partition coefficient (Wildman–Crippen LogP) is 2.18. The minimum absolute atomic E-state index is 0.226. The molecule has 1 atom stereocenters. The van der Waals surface area contributed by atoms with Gasteiger partial charge >= 0.3 is 0 Å². The van der Waals surface area contributed by atoms with Crippen molar-refractivity contribution in [1.82, 2.24) is 20.6 Å². The second-order valence-electron chi connectivity index (χ2n) is 5.56. The van der Waals surface area contributed by atoms with Crippen LogP contribution in [0.25, 0.3) is 0 Å². The number of aromatic nitrogens is 4. The molecule has 2 aromatic carbocycles. The first-order valence-corrected chi connectivity index (χ1v) is 8.01. The maximum absolute atomic E-state index is 12.8. The number of anilines is 1. The Balaban J connectivity index is 1.87. The highest BCUT2D eigenvalue weighted by molar-refractivity contribution is 5.95. The van der Waals surface area contributed by atoms with E-state index in [4.69, 9.17) is 9.47 Å². The van der Waals surface area contributed by atoms with Crippen molar-refractivity contribution in [3.8, 4) is 11.5 Å². The fourth-order valence-electron chi connectivity index (χ4n) is 2.61. The lowest BCUT2D eigenvalue weighted by Gasteiger charge is -2.16. The van der Waals surface area contributed by atoms with Crippen LogP contribution in [-0.2, 0) is 11.2 Å². The smallest absolute Gasteiger partial charge is 0.235 e. The maximum Gasteiger partial charge on any atom is 0.235 e. The molecule has 0 aliphatic carbocycles. The van der Waals surface area contributed by atoms with E-state index >= 15 is 0 Å². The standard InChI is InChI=1S/C18H19N5O3/c1-25-14-9-8-12(16(11-14)26-2)10-15(17-20-22-23-21-17)18(24)19-13-6-4-3-5-7-13/h3-9,11,15H,10H2,1-2H3,(H,19,24)(H,20,21,22,23). The number of para-hydroxylation sites is 1. The fourth-order valence-corrected chi connectivity index (χ4v) is 2.61. The number of H-pyrrole nitrogens is 1. The number of nitrogens with one attached hydrogen (secondary N) is 2. The molecule has 134 valence electrons. The van der Waals surface area contributed by atoms with E-state index in [-0.39, 0.29) is 5.91 Å². The molecule has 8 heteroatoms. The summed E-state index contributed by atoms with van der Waals surface area (Å²) in [6, 6.07) is 14.7. The zero-order valence-electron chi connectivity index (χ0n) is 14.5. The van der Waals surface area contributed by atoms with Gasteiger partial charge in [-0.3, -0.25) is 4.79 Å². The number of ether oxygens (including phenoxy) is 2. The molecule has 0 spiro atoms. The average molecular weight is 353 g/mol. The van der Waals surface area contributed by atoms with Crippen LogP contribution in [0.5, 0.6) is 11.5 Å². The van der Waals surface area contributed by atoms with Gasteiger partial charge in [-0.25, -0.2) is 0 Å². The molecule has 26 heavy (non-hydrogen) atoms. The van der Waals surface area contributed by atoms with E-state index in [1.165, 1.54) is 0 Å². The van der Waals surface area contributed by atoms with Crippen molar-refractivity contribution in [2.45, 2.75) is 12.3 Å². The van der Waals surface area contributed by atoms with E-state index in [0.29, 0.717) is 29.4 Å². The van der Waals surface area contributed by atoms with Gasteiger partial charge in [-0.05, 0) is 30.2 Å². The van der Waals surface area contributed by atoms with Gasteiger partial charge in [0.15, 0.2) is 5.82 Å². The molecule has 1 aromatic heterocycles. The molecule has 2 N–H and O–H groups in total. The molecular formula is C18H19N5O3. The zero-order chi connectivity index (χ0) is 18.4. The van der Waals surface area contributed by atoms with Crippen molar-refractivity contribution < 1.29 is 14.3 Å². The lowest BCUT2D eigenvalue weighted by molar-refractivity contribution is -0.117. The molecule has 1 unspecified atom stereocenters. The molecule has 0 bridgehead atoms. The number of carbonyl (C=O) groups is 1. The number of hydrogen-bond donors (Lipinski definition) is 2. The van der Waals surface area contributed by atoms with Crippen LogP contribution in [0.2, 0.25) is 0 Å². The monoisotopic (exact) mass is 353 g/mol. The van der Waals surface area contributed by atoms with Gasteiger partial charge in [-0.1, -0.05) is 29.5 Å². The van der Waals surface area contributed by atoms with E-state index in [1.807, 2.05) is 42.5 Å². The summed E-state index contributed by atoms with van der Waals surface area (Å²) in [6.45, 7) is 0. The Hall–Kier alpha value is -3.42. The summed E-state index contributed by atoms with van der Waals surface area (Å²) in [4.78, 5) is 12.8. The second kappa shape index (κ2) is 8.11. The zero-order valence-corrected chi connectivity index (χ0v) is 14.5. The summed E-state index contributed by atoms with van der Waals surface area (Å²) < 4.78 is 10.6. The van der Waals surface area contributed by atoms with Crippen LogP contribution in [0.15, 0.2) is 48.5 Å². The highest BCUT2D eigenvalue weighted by atomic mass is 16.5. The Labute approximate surface area is 150 Å². The SMILES string of the molecule is COc1ccc(CC(C(=O)Nc2ccccc2)c2nn[nH]n2)c(OC)c1. The van der Waals surface area contributed by atoms with Crippen molar-refractivity contribution in [2.75, 3.05) is 19.5 Å². The van der Waals surface area contributed by atoms with Crippen molar-refractivity contribution in [3.05, 3.63) is 59.9 Å². The minimum atomic E-state index is -0.628. The molecule has 0 radical (unpaired) electrons. The molecule has 0 aliphatic rings. The molecule has 3 rings (SSSR count). The fraction of sp³-hybridized carbons (Fsp3) is 0.222. The van der Waals surface area contributed by atoms with Crippen LogP contribution >= 0.6 is 0 Å². The van der Waals surface area contributed by atoms with Crippen LogP contribution in [0, 0.1) is 0 Å². The molecular weight excluding hydrogens is 334 g/mol. The van der Waals surface area contributed by atoms with Crippen LogP contribution in [0.1, 0.15) is 17.3 Å². The summed E-state index contributed by atoms with van der Waals surface area (Å²) in [6.07, 6.45) is 0.353. The van der Waals surface area contributed by atoms with Crippen molar-refractivity contribution in [1.29, 1.82) is 0 Å². The normalized spacial score (nSPS) is 11.6. The number of hydrogen-bond acceptors (Lipinski definition) is 6. The Morgan fingerprint density at radius 2 is 1.96 bits per heavy atom. The van der Waals surface area contributed by atoms with Gasteiger partial charge in [0.05, 0.1) is 14.2 Å². The first-order valence-electron chi connectivity index (χ1n) is 8.01. The summed E-state index contributed by atoms with van der Waals surface area (Å²) in [7, 11) is 3.16. The second-order valence-corrected chi connectivity index (χ2v) is 5.56. The topological polar surface area (TPSA) is 102 Å². The van der Waals surface area contributed by atoms with Crippen LogP contribution in [0.3, 0.4) is 0 Å². The lowest BCUT2D eigenvalue weighted by Crippen LogP contribution is -2.24. The van der Waals surface area contributed by atoms with Crippen molar-refractivity contribution >= 4 is 11.6 Å². The first-order chi connectivity index (χ1) is 12.7. The van der Waals surface area contributed by atoms with Crippen molar-refractivity contribution in [2.24, 2.45) is 0 Å². The van der Waals surface area contributed by atoms with Gasteiger partial charge < -0.3 is 14.8 Å². The number of aromatic amines is 1. The largest absolute Gasteiger partial charge is 0.497 e. The van der Waals surface area contributed by atoms with E-state index in [1.54, 1.807) is 20.3 Å². The Morgan fingerprint density at radius 3 is 2.62 bits per heavy atom. The number of amides is 1. The minimum Gasteiger partial charge on any atom is -0.497 e. The van der Waals surface area contributed by atoms with Gasteiger partial charge in [-0.2, -0.15) is 5.21 Å². The molecule has 1 heterocycles. The van der Waals surface area contributed by atoms with Gasteiger partial charge in [0, 0.05) is 11.8 Å². The summed E-state index contributed by atoms with van der Waals surface area (Å²) in [5, 5.41) is 16.8. The van der Waals surface area contributed by atoms with E-state index in [0.717, 1.165) is 5.56 Å². The Morgan fingerprint density at radius 1 is 1.15 bits per heavy atom. The van der Waals surface area contributed by atoms with Crippen LogP contribution in [0.4, 0.5) is 5.69 Å². The number of benzene rings is 2. The highest BCUT2D eigenvalue weighted by Crippen LogP contribution is 2.29. The Kier molecular flexibility index (Phi) is 5.43. The number of tetrazole rings is 1. The maximum atomic E-state index is 12.8. The number of carbonyl (C=O) groups excluding carboxylic acids is 1. The van der Waals surface area contributed by atoms with E-state index < -0.39 is 5.92 Å².